The van der Waals surface area contributed by atoms with Crippen LogP contribution in [0.1, 0.15) is 19.4 Å². The molecule has 0 bridgehead atoms. The van der Waals surface area contributed by atoms with Gasteiger partial charge >= 0.3 is 0 Å². The molecule has 0 fully saturated rings. The molecule has 9 nitrogen and oxygen atoms in total. The Balaban J connectivity index is 1.96. The van der Waals surface area contributed by atoms with Crippen molar-refractivity contribution in [3.05, 3.63) is 78.4 Å². The Morgan fingerprint density at radius 2 is 1.56 bits per heavy atom. The molecular formula is C25H29N3O6S2. The summed E-state index contributed by atoms with van der Waals surface area (Å²) in [6, 6.07) is 18.3. The lowest BCUT2D eigenvalue weighted by molar-refractivity contribution is -0.114. The SMILES string of the molecule is COc1ccc(S(=O)(=O)NC(C)C)cc1NC(=O)CN(c1ccc(C)cc1)S(=O)(=O)c1ccccc1. The van der Waals surface area contributed by atoms with E-state index in [2.05, 4.69) is 10.0 Å². The van der Waals surface area contributed by atoms with Crippen molar-refractivity contribution in [2.75, 3.05) is 23.3 Å². The van der Waals surface area contributed by atoms with E-state index in [1.54, 1.807) is 56.3 Å². The predicted octanol–water partition coefficient (Wildman–Crippen LogP) is 3.52. The summed E-state index contributed by atoms with van der Waals surface area (Å²) in [4.78, 5) is 13.1. The number of hydrogen-bond acceptors (Lipinski definition) is 6. The molecule has 36 heavy (non-hydrogen) atoms. The fourth-order valence-electron chi connectivity index (χ4n) is 3.40. The van der Waals surface area contributed by atoms with Crippen LogP contribution < -0.4 is 19.1 Å². The zero-order chi connectivity index (χ0) is 26.5. The van der Waals surface area contributed by atoms with Gasteiger partial charge in [0.2, 0.25) is 15.9 Å². The molecule has 0 saturated carbocycles. The van der Waals surface area contributed by atoms with E-state index in [1.807, 2.05) is 6.92 Å². The van der Waals surface area contributed by atoms with Gasteiger partial charge < -0.3 is 10.1 Å². The van der Waals surface area contributed by atoms with Gasteiger partial charge in [0.05, 0.1) is 28.3 Å². The Kier molecular flexibility index (Phi) is 8.39. The second-order valence-electron chi connectivity index (χ2n) is 8.35. The van der Waals surface area contributed by atoms with Gasteiger partial charge in [0, 0.05) is 6.04 Å². The number of ether oxygens (including phenoxy) is 1. The molecule has 0 aliphatic heterocycles. The van der Waals surface area contributed by atoms with Crippen LogP contribution in [0.5, 0.6) is 5.75 Å². The second kappa shape index (κ2) is 11.1. The smallest absolute Gasteiger partial charge is 0.264 e. The van der Waals surface area contributed by atoms with Crippen molar-refractivity contribution in [2.24, 2.45) is 0 Å². The maximum absolute atomic E-state index is 13.5. The number of nitrogens with one attached hydrogen (secondary N) is 2. The number of anilines is 2. The van der Waals surface area contributed by atoms with Crippen LogP contribution in [0.25, 0.3) is 0 Å². The molecule has 0 radical (unpaired) electrons. The number of amides is 1. The van der Waals surface area contributed by atoms with E-state index in [-0.39, 0.29) is 27.3 Å². The van der Waals surface area contributed by atoms with Crippen LogP contribution in [0.15, 0.2) is 82.6 Å². The maximum atomic E-state index is 13.5. The standard InChI is InChI=1S/C25H29N3O6S2/c1-18(2)27-35(30,31)22-14-15-24(34-4)23(16-22)26-25(29)17-28(20-12-10-19(3)11-13-20)36(32,33)21-8-6-5-7-9-21/h5-16,18,27H,17H2,1-4H3,(H,26,29). The first kappa shape index (κ1) is 27.2. The van der Waals surface area contributed by atoms with Gasteiger partial charge in [-0.2, -0.15) is 0 Å². The number of carbonyl (C=O) groups excluding carboxylic acids is 1. The highest BCUT2D eigenvalue weighted by atomic mass is 32.2. The Bertz CT molecular complexity index is 1420. The summed E-state index contributed by atoms with van der Waals surface area (Å²) in [5, 5.41) is 2.60. The molecule has 0 aliphatic carbocycles. The minimum absolute atomic E-state index is 0.0313. The number of rotatable bonds is 10. The van der Waals surface area contributed by atoms with E-state index in [0.29, 0.717) is 5.69 Å². The third-order valence-electron chi connectivity index (χ3n) is 5.09. The zero-order valence-corrected chi connectivity index (χ0v) is 22.1. The Hall–Kier alpha value is -3.41. The lowest BCUT2D eigenvalue weighted by atomic mass is 10.2. The molecule has 3 aromatic carbocycles. The predicted molar refractivity (Wildman–Crippen MR) is 139 cm³/mol. The van der Waals surface area contributed by atoms with Gasteiger partial charge in [-0.15, -0.1) is 0 Å². The van der Waals surface area contributed by atoms with Crippen LogP contribution in [0.2, 0.25) is 0 Å². The van der Waals surface area contributed by atoms with E-state index < -0.39 is 32.5 Å². The van der Waals surface area contributed by atoms with Gasteiger partial charge in [0.1, 0.15) is 12.3 Å². The monoisotopic (exact) mass is 531 g/mol. The van der Waals surface area contributed by atoms with Crippen LogP contribution in [0.4, 0.5) is 11.4 Å². The molecule has 0 unspecified atom stereocenters. The Morgan fingerprint density at radius 3 is 2.14 bits per heavy atom. The fraction of sp³-hybridized carbons (Fsp3) is 0.240. The zero-order valence-electron chi connectivity index (χ0n) is 20.4. The highest BCUT2D eigenvalue weighted by Crippen LogP contribution is 2.29. The first-order valence-corrected chi connectivity index (χ1v) is 14.0. The number of aryl methyl sites for hydroxylation is 1. The van der Waals surface area contributed by atoms with Gasteiger partial charge in [-0.3, -0.25) is 9.10 Å². The Labute approximate surface area is 212 Å². The van der Waals surface area contributed by atoms with E-state index in [4.69, 9.17) is 4.74 Å². The number of carbonyl (C=O) groups is 1. The van der Waals surface area contributed by atoms with E-state index >= 15 is 0 Å². The van der Waals surface area contributed by atoms with Crippen molar-refractivity contribution in [3.63, 3.8) is 0 Å². The van der Waals surface area contributed by atoms with Crippen LogP contribution in [0, 0.1) is 6.92 Å². The molecule has 0 atom stereocenters. The summed E-state index contributed by atoms with van der Waals surface area (Å²) >= 11 is 0. The van der Waals surface area contributed by atoms with Gasteiger partial charge in [-0.05, 0) is 63.2 Å². The van der Waals surface area contributed by atoms with Crippen molar-refractivity contribution in [1.29, 1.82) is 0 Å². The molecule has 0 aromatic heterocycles. The van der Waals surface area contributed by atoms with E-state index in [9.17, 15) is 21.6 Å². The molecule has 1 amide bonds. The van der Waals surface area contributed by atoms with Gasteiger partial charge in [-0.1, -0.05) is 35.9 Å². The summed E-state index contributed by atoms with van der Waals surface area (Å²) in [5.74, 6) is -0.459. The van der Waals surface area contributed by atoms with Crippen molar-refractivity contribution in [2.45, 2.75) is 36.6 Å². The van der Waals surface area contributed by atoms with Gasteiger partial charge in [0.15, 0.2) is 0 Å². The average molecular weight is 532 g/mol. The Morgan fingerprint density at radius 1 is 0.917 bits per heavy atom. The van der Waals surface area contributed by atoms with Crippen molar-refractivity contribution < 1.29 is 26.4 Å². The minimum atomic E-state index is -4.08. The molecule has 3 rings (SSSR count). The first-order valence-electron chi connectivity index (χ1n) is 11.1. The lowest BCUT2D eigenvalue weighted by Crippen LogP contribution is -2.38. The summed E-state index contributed by atoms with van der Waals surface area (Å²) < 4.78 is 60.9. The van der Waals surface area contributed by atoms with Crippen molar-refractivity contribution in [1.82, 2.24) is 4.72 Å². The quantitative estimate of drug-likeness (QED) is 0.413. The maximum Gasteiger partial charge on any atom is 0.264 e. The third-order valence-corrected chi connectivity index (χ3v) is 8.53. The van der Waals surface area contributed by atoms with Crippen molar-refractivity contribution in [3.8, 4) is 5.75 Å². The number of benzene rings is 3. The molecule has 0 heterocycles. The molecule has 2 N–H and O–H groups in total. The molecule has 0 spiro atoms. The number of sulfonamides is 2. The molecule has 192 valence electrons. The third kappa shape index (κ3) is 6.42. The van der Waals surface area contributed by atoms with Gasteiger partial charge in [0.25, 0.3) is 10.0 Å². The lowest BCUT2D eigenvalue weighted by Gasteiger charge is -2.24. The van der Waals surface area contributed by atoms with Crippen LogP contribution >= 0.6 is 0 Å². The summed E-state index contributed by atoms with van der Waals surface area (Å²) in [6.45, 7) is 4.70. The normalized spacial score (nSPS) is 11.8. The van der Waals surface area contributed by atoms with Crippen LogP contribution in [-0.4, -0.2) is 42.4 Å². The largest absolute Gasteiger partial charge is 0.495 e. The number of hydrogen-bond donors (Lipinski definition) is 2. The molecule has 3 aromatic rings. The second-order valence-corrected chi connectivity index (χ2v) is 11.9. The molecule has 0 aliphatic rings. The first-order chi connectivity index (χ1) is 16.9. The highest BCUT2D eigenvalue weighted by molar-refractivity contribution is 7.92. The molecule has 0 saturated heterocycles. The molecular weight excluding hydrogens is 502 g/mol. The average Bonchev–Trinajstić information content (AvgIpc) is 2.83. The van der Waals surface area contributed by atoms with E-state index in [1.165, 1.54) is 37.4 Å². The topological polar surface area (TPSA) is 122 Å². The number of nitrogens with zero attached hydrogens (tertiary/aromatic N) is 1. The summed E-state index contributed by atoms with van der Waals surface area (Å²) in [7, 11) is -6.54. The van der Waals surface area contributed by atoms with Crippen LogP contribution in [-0.2, 0) is 24.8 Å². The van der Waals surface area contributed by atoms with Crippen LogP contribution in [0.3, 0.4) is 0 Å². The van der Waals surface area contributed by atoms with E-state index in [0.717, 1.165) is 9.87 Å². The molecule has 11 heteroatoms. The fourth-order valence-corrected chi connectivity index (χ4v) is 6.12. The highest BCUT2D eigenvalue weighted by Gasteiger charge is 2.28. The summed E-state index contributed by atoms with van der Waals surface area (Å²) in [5.41, 5.74) is 1.33. The van der Waals surface area contributed by atoms with Gasteiger partial charge in [-0.25, -0.2) is 21.6 Å². The number of methoxy groups -OCH3 is 1. The summed E-state index contributed by atoms with van der Waals surface area (Å²) in [6.07, 6.45) is 0. The van der Waals surface area contributed by atoms with Crippen molar-refractivity contribution >= 4 is 37.3 Å². The minimum Gasteiger partial charge on any atom is -0.495 e.